The van der Waals surface area contributed by atoms with Crippen molar-refractivity contribution >= 4 is 44.6 Å². The molecule has 3 rings (SSSR count). The van der Waals surface area contributed by atoms with Crippen LogP contribution in [0.15, 0.2) is 77.7 Å². The van der Waals surface area contributed by atoms with Crippen molar-refractivity contribution in [3.63, 3.8) is 0 Å². The monoisotopic (exact) mass is 541 g/mol. The SMILES string of the molecule is CCOc1ccc(NS(=O)(=O)c2ccc(NC(=S)NC(=O)c3cccc(OCCC(C)C)c3)cc2)cc1. The number of sulfonamides is 1. The van der Waals surface area contributed by atoms with Gasteiger partial charge in [-0.2, -0.15) is 0 Å². The zero-order chi connectivity index (χ0) is 26.8. The fourth-order valence-electron chi connectivity index (χ4n) is 3.19. The minimum absolute atomic E-state index is 0.0798. The fraction of sp³-hybridized carbons (Fsp3) is 0.259. The molecule has 3 aromatic carbocycles. The summed E-state index contributed by atoms with van der Waals surface area (Å²) in [5.74, 6) is 1.42. The van der Waals surface area contributed by atoms with Gasteiger partial charge in [-0.05, 0) is 98.2 Å². The van der Waals surface area contributed by atoms with Gasteiger partial charge in [0, 0.05) is 16.9 Å². The van der Waals surface area contributed by atoms with Gasteiger partial charge in [0.2, 0.25) is 0 Å². The van der Waals surface area contributed by atoms with E-state index >= 15 is 0 Å². The Hall–Kier alpha value is -3.63. The Morgan fingerprint density at radius 3 is 2.24 bits per heavy atom. The van der Waals surface area contributed by atoms with Gasteiger partial charge in [-0.1, -0.05) is 19.9 Å². The summed E-state index contributed by atoms with van der Waals surface area (Å²) in [7, 11) is -3.79. The summed E-state index contributed by atoms with van der Waals surface area (Å²) in [6.45, 7) is 7.21. The van der Waals surface area contributed by atoms with Gasteiger partial charge in [-0.3, -0.25) is 14.8 Å². The van der Waals surface area contributed by atoms with Crippen LogP contribution in [0.25, 0.3) is 0 Å². The molecule has 0 aliphatic carbocycles. The number of anilines is 2. The first kappa shape index (κ1) is 27.9. The molecule has 1 amide bonds. The highest BCUT2D eigenvalue weighted by molar-refractivity contribution is 7.92. The minimum atomic E-state index is -3.79. The normalized spacial score (nSPS) is 11.0. The first-order chi connectivity index (χ1) is 17.7. The van der Waals surface area contributed by atoms with Crippen LogP contribution in [0.2, 0.25) is 0 Å². The Labute approximate surface area is 223 Å². The minimum Gasteiger partial charge on any atom is -0.494 e. The molecule has 10 heteroatoms. The van der Waals surface area contributed by atoms with E-state index in [1.165, 1.54) is 12.1 Å². The van der Waals surface area contributed by atoms with E-state index < -0.39 is 10.0 Å². The molecule has 0 radical (unpaired) electrons. The molecule has 0 heterocycles. The van der Waals surface area contributed by atoms with Crippen molar-refractivity contribution in [1.29, 1.82) is 0 Å². The molecule has 3 N–H and O–H groups in total. The largest absolute Gasteiger partial charge is 0.494 e. The quantitative estimate of drug-likeness (QED) is 0.278. The van der Waals surface area contributed by atoms with Crippen LogP contribution >= 0.6 is 12.2 Å². The number of hydrogen-bond donors (Lipinski definition) is 3. The molecule has 3 aromatic rings. The van der Waals surface area contributed by atoms with Crippen molar-refractivity contribution in [2.75, 3.05) is 23.3 Å². The van der Waals surface area contributed by atoms with Gasteiger partial charge >= 0.3 is 0 Å². The van der Waals surface area contributed by atoms with Crippen molar-refractivity contribution < 1.29 is 22.7 Å². The van der Waals surface area contributed by atoms with Crippen LogP contribution in [0.5, 0.6) is 11.5 Å². The van der Waals surface area contributed by atoms with Crippen molar-refractivity contribution in [2.24, 2.45) is 5.92 Å². The Balaban J connectivity index is 1.55. The molecule has 0 aliphatic rings. The number of ether oxygens (including phenoxy) is 2. The summed E-state index contributed by atoms with van der Waals surface area (Å²) >= 11 is 5.25. The van der Waals surface area contributed by atoms with Crippen LogP contribution in [-0.2, 0) is 10.0 Å². The molecular weight excluding hydrogens is 510 g/mol. The maximum Gasteiger partial charge on any atom is 0.261 e. The van der Waals surface area contributed by atoms with E-state index in [-0.39, 0.29) is 15.9 Å². The maximum absolute atomic E-state index is 12.7. The lowest BCUT2D eigenvalue weighted by Gasteiger charge is -2.12. The van der Waals surface area contributed by atoms with Crippen LogP contribution in [0.4, 0.5) is 11.4 Å². The van der Waals surface area contributed by atoms with Crippen LogP contribution in [0, 0.1) is 5.92 Å². The average Bonchev–Trinajstić information content (AvgIpc) is 2.85. The predicted octanol–water partition coefficient (Wildman–Crippen LogP) is 5.44. The standard InChI is InChI=1S/C27H31N3O5S2/c1-4-34-23-12-8-22(9-13-23)30-37(32,33)25-14-10-21(11-15-25)28-27(36)29-26(31)20-6-5-7-24(18-20)35-17-16-19(2)3/h5-15,18-19,30H,4,16-17H2,1-3H3,(H2,28,29,31,36). The van der Waals surface area contributed by atoms with Gasteiger partial charge in [0.1, 0.15) is 11.5 Å². The molecule has 0 bridgehead atoms. The van der Waals surface area contributed by atoms with Crippen molar-refractivity contribution in [3.8, 4) is 11.5 Å². The Morgan fingerprint density at radius 2 is 1.59 bits per heavy atom. The Bertz CT molecular complexity index is 1310. The number of carbonyl (C=O) groups is 1. The Morgan fingerprint density at radius 1 is 0.919 bits per heavy atom. The zero-order valence-corrected chi connectivity index (χ0v) is 22.6. The lowest BCUT2D eigenvalue weighted by atomic mass is 10.1. The van der Waals surface area contributed by atoms with E-state index in [1.54, 1.807) is 60.7 Å². The number of nitrogens with one attached hydrogen (secondary N) is 3. The highest BCUT2D eigenvalue weighted by Crippen LogP contribution is 2.21. The van der Waals surface area contributed by atoms with Crippen LogP contribution in [0.1, 0.15) is 37.6 Å². The highest BCUT2D eigenvalue weighted by atomic mass is 32.2. The number of thiocarbonyl (C=S) groups is 1. The summed E-state index contributed by atoms with van der Waals surface area (Å²) in [6, 6.07) is 19.6. The summed E-state index contributed by atoms with van der Waals surface area (Å²) in [6.07, 6.45) is 0.919. The van der Waals surface area contributed by atoms with E-state index in [2.05, 4.69) is 29.2 Å². The van der Waals surface area contributed by atoms with Crippen LogP contribution in [0.3, 0.4) is 0 Å². The van der Waals surface area contributed by atoms with Gasteiger partial charge < -0.3 is 14.8 Å². The third kappa shape index (κ3) is 8.76. The molecular formula is C27H31N3O5S2. The van der Waals surface area contributed by atoms with Crippen molar-refractivity contribution in [2.45, 2.75) is 32.1 Å². The summed E-state index contributed by atoms with van der Waals surface area (Å²) in [5, 5.41) is 5.59. The van der Waals surface area contributed by atoms with Crippen LogP contribution < -0.4 is 24.8 Å². The average molecular weight is 542 g/mol. The van der Waals surface area contributed by atoms with Gasteiger partial charge in [0.05, 0.1) is 18.1 Å². The summed E-state index contributed by atoms with van der Waals surface area (Å²) in [5.41, 5.74) is 1.35. The maximum atomic E-state index is 12.7. The van der Waals surface area contributed by atoms with E-state index in [1.807, 2.05) is 6.92 Å². The second-order valence-electron chi connectivity index (χ2n) is 8.55. The molecule has 37 heavy (non-hydrogen) atoms. The second-order valence-corrected chi connectivity index (χ2v) is 10.6. The van der Waals surface area contributed by atoms with Crippen molar-refractivity contribution in [1.82, 2.24) is 5.32 Å². The van der Waals surface area contributed by atoms with Crippen molar-refractivity contribution in [3.05, 3.63) is 78.4 Å². The highest BCUT2D eigenvalue weighted by Gasteiger charge is 2.15. The van der Waals surface area contributed by atoms with E-state index in [0.29, 0.717) is 47.6 Å². The zero-order valence-electron chi connectivity index (χ0n) is 21.0. The number of benzene rings is 3. The van der Waals surface area contributed by atoms with E-state index in [4.69, 9.17) is 21.7 Å². The molecule has 0 aliphatic heterocycles. The Kier molecular flexibility index (Phi) is 9.87. The molecule has 0 saturated carbocycles. The number of amides is 1. The lowest BCUT2D eigenvalue weighted by Crippen LogP contribution is -2.34. The molecule has 0 aromatic heterocycles. The number of hydrogen-bond acceptors (Lipinski definition) is 6. The topological polar surface area (TPSA) is 106 Å². The third-order valence-electron chi connectivity index (χ3n) is 5.13. The first-order valence-electron chi connectivity index (χ1n) is 11.9. The number of carbonyl (C=O) groups excluding carboxylic acids is 1. The van der Waals surface area contributed by atoms with Gasteiger partial charge in [0.25, 0.3) is 15.9 Å². The first-order valence-corrected chi connectivity index (χ1v) is 13.8. The second kappa shape index (κ2) is 13.1. The van der Waals surface area contributed by atoms with E-state index in [9.17, 15) is 13.2 Å². The molecule has 0 fully saturated rings. The predicted molar refractivity (Wildman–Crippen MR) is 150 cm³/mol. The molecule has 0 spiro atoms. The summed E-state index contributed by atoms with van der Waals surface area (Å²) < 4.78 is 39.1. The molecule has 0 atom stereocenters. The molecule has 0 unspecified atom stereocenters. The van der Waals surface area contributed by atoms with Gasteiger partial charge in [-0.15, -0.1) is 0 Å². The molecule has 8 nitrogen and oxygen atoms in total. The fourth-order valence-corrected chi connectivity index (χ4v) is 4.46. The lowest BCUT2D eigenvalue weighted by molar-refractivity contribution is 0.0977. The number of rotatable bonds is 11. The summed E-state index contributed by atoms with van der Waals surface area (Å²) in [4.78, 5) is 12.7. The van der Waals surface area contributed by atoms with Gasteiger partial charge in [-0.25, -0.2) is 8.42 Å². The smallest absolute Gasteiger partial charge is 0.261 e. The van der Waals surface area contributed by atoms with E-state index in [0.717, 1.165) is 6.42 Å². The van der Waals surface area contributed by atoms with Gasteiger partial charge in [0.15, 0.2) is 5.11 Å². The third-order valence-corrected chi connectivity index (χ3v) is 6.73. The molecule has 0 saturated heterocycles. The molecule has 196 valence electrons. The van der Waals surface area contributed by atoms with Crippen LogP contribution in [-0.4, -0.2) is 32.7 Å².